The van der Waals surface area contributed by atoms with E-state index in [9.17, 15) is 0 Å². The van der Waals surface area contributed by atoms with Crippen molar-refractivity contribution in [3.63, 3.8) is 0 Å². The van der Waals surface area contributed by atoms with Crippen molar-refractivity contribution in [3.8, 4) is 0 Å². The number of halogens is 1. The highest BCUT2D eigenvalue weighted by atomic mass is 35.5. The second-order valence-corrected chi connectivity index (χ2v) is 5.40. The fourth-order valence-electron chi connectivity index (χ4n) is 2.68. The van der Waals surface area contributed by atoms with E-state index in [-0.39, 0.29) is 6.04 Å². The van der Waals surface area contributed by atoms with E-state index in [0.717, 1.165) is 10.6 Å². The molecule has 0 saturated carbocycles. The van der Waals surface area contributed by atoms with Gasteiger partial charge in [-0.1, -0.05) is 41.4 Å². The van der Waals surface area contributed by atoms with Crippen LogP contribution in [0.4, 0.5) is 0 Å². The Kier molecular flexibility index (Phi) is 4.25. The molecule has 2 aromatic rings. The molecule has 0 bridgehead atoms. The number of hydrogen-bond donors (Lipinski definition) is 2. The minimum atomic E-state index is -0.0423. The summed E-state index contributed by atoms with van der Waals surface area (Å²) >= 11 is 6.07. The summed E-state index contributed by atoms with van der Waals surface area (Å²) in [6, 6.07) is 12.1. The van der Waals surface area contributed by atoms with E-state index in [0.29, 0.717) is 0 Å². The van der Waals surface area contributed by atoms with Crippen molar-refractivity contribution in [2.45, 2.75) is 26.8 Å². The lowest BCUT2D eigenvalue weighted by atomic mass is 9.90. The molecule has 2 rings (SSSR count). The summed E-state index contributed by atoms with van der Waals surface area (Å²) in [5.41, 5.74) is 8.93. The van der Waals surface area contributed by atoms with Gasteiger partial charge in [0.15, 0.2) is 0 Å². The fourth-order valence-corrected chi connectivity index (χ4v) is 2.88. The topological polar surface area (TPSA) is 38.0 Å². The molecule has 0 aromatic heterocycles. The Hall–Kier alpha value is -1.35. The minimum Gasteiger partial charge on any atom is -0.271 e. The van der Waals surface area contributed by atoms with Gasteiger partial charge in [0.25, 0.3) is 0 Å². The lowest BCUT2D eigenvalue weighted by Gasteiger charge is -2.22. The Bertz CT molecular complexity index is 570. The Balaban J connectivity index is 2.54. The van der Waals surface area contributed by atoms with Gasteiger partial charge in [0.2, 0.25) is 0 Å². The molecule has 1 atom stereocenters. The number of rotatable bonds is 3. The SMILES string of the molecule is Cc1cc(C)c(C(NN)c2cccc(Cl)c2)c(C)c1. The van der Waals surface area contributed by atoms with E-state index in [4.69, 9.17) is 17.4 Å². The highest BCUT2D eigenvalue weighted by molar-refractivity contribution is 6.30. The van der Waals surface area contributed by atoms with Crippen LogP contribution < -0.4 is 11.3 Å². The molecule has 0 fully saturated rings. The van der Waals surface area contributed by atoms with Gasteiger partial charge in [0.05, 0.1) is 6.04 Å². The highest BCUT2D eigenvalue weighted by Crippen LogP contribution is 2.29. The predicted octanol–water partition coefficient (Wildman–Crippen LogP) is 3.82. The summed E-state index contributed by atoms with van der Waals surface area (Å²) in [5.74, 6) is 5.77. The third kappa shape index (κ3) is 2.98. The molecule has 1 unspecified atom stereocenters. The van der Waals surface area contributed by atoms with Crippen LogP contribution in [-0.2, 0) is 0 Å². The molecule has 0 heterocycles. The van der Waals surface area contributed by atoms with Gasteiger partial charge in [-0.25, -0.2) is 5.43 Å². The zero-order valence-corrected chi connectivity index (χ0v) is 12.3. The van der Waals surface area contributed by atoms with E-state index in [1.165, 1.54) is 22.3 Å². The lowest BCUT2D eigenvalue weighted by Crippen LogP contribution is -2.30. The Morgan fingerprint density at radius 1 is 1.05 bits per heavy atom. The van der Waals surface area contributed by atoms with Crippen molar-refractivity contribution in [1.29, 1.82) is 0 Å². The molecule has 0 spiro atoms. The van der Waals surface area contributed by atoms with E-state index >= 15 is 0 Å². The highest BCUT2D eigenvalue weighted by Gasteiger charge is 2.17. The maximum absolute atomic E-state index is 6.07. The van der Waals surface area contributed by atoms with E-state index < -0.39 is 0 Å². The average molecular weight is 275 g/mol. The largest absolute Gasteiger partial charge is 0.271 e. The number of nitrogens with one attached hydrogen (secondary N) is 1. The Labute approximate surface area is 119 Å². The first-order chi connectivity index (χ1) is 9.02. The summed E-state index contributed by atoms with van der Waals surface area (Å²) in [7, 11) is 0. The van der Waals surface area contributed by atoms with Gasteiger partial charge < -0.3 is 0 Å². The molecule has 100 valence electrons. The van der Waals surface area contributed by atoms with E-state index in [1.807, 2.05) is 24.3 Å². The van der Waals surface area contributed by atoms with Crippen LogP contribution in [-0.4, -0.2) is 0 Å². The molecule has 2 aromatic carbocycles. The van der Waals surface area contributed by atoms with Crippen molar-refractivity contribution in [2.75, 3.05) is 0 Å². The van der Waals surface area contributed by atoms with Crippen LogP contribution in [0.25, 0.3) is 0 Å². The maximum atomic E-state index is 6.07. The number of hydrazine groups is 1. The van der Waals surface area contributed by atoms with Gasteiger partial charge in [-0.3, -0.25) is 5.84 Å². The van der Waals surface area contributed by atoms with Crippen LogP contribution in [0.15, 0.2) is 36.4 Å². The predicted molar refractivity (Wildman–Crippen MR) is 81.3 cm³/mol. The zero-order chi connectivity index (χ0) is 14.0. The molecule has 0 amide bonds. The number of benzene rings is 2. The molecule has 0 aliphatic carbocycles. The lowest BCUT2D eigenvalue weighted by molar-refractivity contribution is 0.630. The first-order valence-corrected chi connectivity index (χ1v) is 6.70. The van der Waals surface area contributed by atoms with Crippen LogP contribution in [0.1, 0.15) is 33.9 Å². The van der Waals surface area contributed by atoms with Gasteiger partial charge in [-0.05, 0) is 55.2 Å². The van der Waals surface area contributed by atoms with Crippen LogP contribution in [0, 0.1) is 20.8 Å². The summed E-state index contributed by atoms with van der Waals surface area (Å²) in [6.07, 6.45) is 0. The van der Waals surface area contributed by atoms with Crippen LogP contribution >= 0.6 is 11.6 Å². The van der Waals surface area contributed by atoms with Crippen LogP contribution in [0.3, 0.4) is 0 Å². The van der Waals surface area contributed by atoms with Crippen molar-refractivity contribution in [2.24, 2.45) is 5.84 Å². The van der Waals surface area contributed by atoms with Gasteiger partial charge in [-0.2, -0.15) is 0 Å². The molecule has 3 N–H and O–H groups in total. The molecule has 0 aliphatic rings. The molecular formula is C16H19ClN2. The summed E-state index contributed by atoms with van der Waals surface area (Å²) in [4.78, 5) is 0. The standard InChI is InChI=1S/C16H19ClN2/c1-10-7-11(2)15(12(3)8-10)16(19-18)13-5-4-6-14(17)9-13/h4-9,16,19H,18H2,1-3H3. The number of aryl methyl sites for hydroxylation is 3. The van der Waals surface area contributed by atoms with Crippen molar-refractivity contribution in [1.82, 2.24) is 5.43 Å². The first kappa shape index (κ1) is 14.1. The molecule has 0 saturated heterocycles. The second-order valence-electron chi connectivity index (χ2n) is 4.97. The monoisotopic (exact) mass is 274 g/mol. The van der Waals surface area contributed by atoms with Gasteiger partial charge in [-0.15, -0.1) is 0 Å². The van der Waals surface area contributed by atoms with Gasteiger partial charge in [0.1, 0.15) is 0 Å². The van der Waals surface area contributed by atoms with Gasteiger partial charge >= 0.3 is 0 Å². The van der Waals surface area contributed by atoms with Crippen LogP contribution in [0.5, 0.6) is 0 Å². The quantitative estimate of drug-likeness (QED) is 0.660. The summed E-state index contributed by atoms with van der Waals surface area (Å²) in [6.45, 7) is 6.34. The summed E-state index contributed by atoms with van der Waals surface area (Å²) in [5, 5.41) is 0.722. The molecule has 0 aliphatic heterocycles. The molecule has 3 heteroatoms. The third-order valence-corrected chi connectivity index (χ3v) is 3.61. The van der Waals surface area contributed by atoms with Crippen molar-refractivity contribution < 1.29 is 0 Å². The average Bonchev–Trinajstić information content (AvgIpc) is 2.33. The van der Waals surface area contributed by atoms with E-state index in [2.05, 4.69) is 38.3 Å². The molecule has 19 heavy (non-hydrogen) atoms. The molecule has 2 nitrogen and oxygen atoms in total. The Morgan fingerprint density at radius 2 is 1.68 bits per heavy atom. The number of nitrogens with two attached hydrogens (primary N) is 1. The Morgan fingerprint density at radius 3 is 2.21 bits per heavy atom. The third-order valence-electron chi connectivity index (χ3n) is 3.38. The normalized spacial score (nSPS) is 12.5. The molecule has 0 radical (unpaired) electrons. The van der Waals surface area contributed by atoms with Crippen molar-refractivity contribution in [3.05, 3.63) is 69.2 Å². The zero-order valence-electron chi connectivity index (χ0n) is 11.5. The minimum absolute atomic E-state index is 0.0423. The van der Waals surface area contributed by atoms with Gasteiger partial charge in [0, 0.05) is 5.02 Å². The summed E-state index contributed by atoms with van der Waals surface area (Å²) < 4.78 is 0. The fraction of sp³-hybridized carbons (Fsp3) is 0.250. The first-order valence-electron chi connectivity index (χ1n) is 6.32. The van der Waals surface area contributed by atoms with Crippen molar-refractivity contribution >= 4 is 11.6 Å². The van der Waals surface area contributed by atoms with E-state index in [1.54, 1.807) is 0 Å². The second kappa shape index (κ2) is 5.74. The number of hydrogen-bond acceptors (Lipinski definition) is 2. The molecular weight excluding hydrogens is 256 g/mol. The smallest absolute Gasteiger partial charge is 0.0715 e. The van der Waals surface area contributed by atoms with Crippen LogP contribution in [0.2, 0.25) is 5.02 Å². The maximum Gasteiger partial charge on any atom is 0.0715 e.